The molecule has 2 aliphatic rings. The van der Waals surface area contributed by atoms with Crippen LogP contribution in [0.1, 0.15) is 0 Å². The van der Waals surface area contributed by atoms with E-state index < -0.39 is 0 Å². The topological polar surface area (TPSA) is 113 Å². The van der Waals surface area contributed by atoms with Gasteiger partial charge in [0.15, 0.2) is 0 Å². The average molecular weight is 608 g/mol. The van der Waals surface area contributed by atoms with E-state index in [0.717, 1.165) is 79.1 Å². The van der Waals surface area contributed by atoms with E-state index in [-0.39, 0.29) is 5.91 Å². The molecular weight excluding hydrogens is 570 g/mol. The first-order valence-corrected chi connectivity index (χ1v) is 15.0. The van der Waals surface area contributed by atoms with Crippen molar-refractivity contribution in [3.63, 3.8) is 0 Å². The number of hydrogen-bond acceptors (Lipinski definition) is 10. The number of hydrogen-bond donors (Lipinski definition) is 3. The van der Waals surface area contributed by atoms with Crippen LogP contribution in [0.2, 0.25) is 0 Å². The monoisotopic (exact) mass is 607 g/mol. The summed E-state index contributed by atoms with van der Waals surface area (Å²) < 4.78 is 16.7. The van der Waals surface area contributed by atoms with Gasteiger partial charge in [0.2, 0.25) is 11.9 Å². The van der Waals surface area contributed by atoms with E-state index in [1.165, 1.54) is 6.08 Å². The number of rotatable bonds is 10. The minimum absolute atomic E-state index is 0.286. The van der Waals surface area contributed by atoms with Gasteiger partial charge in [-0.1, -0.05) is 18.7 Å². The lowest BCUT2D eigenvalue weighted by Gasteiger charge is -2.30. The highest BCUT2D eigenvalue weighted by Gasteiger charge is 2.18. The number of aromatic nitrogens is 2. The predicted molar refractivity (Wildman–Crippen MR) is 178 cm³/mol. The number of nitrogens with one attached hydrogen (secondary N) is 3. The van der Waals surface area contributed by atoms with E-state index in [1.807, 2.05) is 54.6 Å². The molecule has 0 atom stereocenters. The fourth-order valence-corrected chi connectivity index (χ4v) is 5.37. The maximum Gasteiger partial charge on any atom is 0.247 e. The van der Waals surface area contributed by atoms with Crippen LogP contribution >= 0.6 is 0 Å². The van der Waals surface area contributed by atoms with E-state index in [2.05, 4.69) is 49.4 Å². The lowest BCUT2D eigenvalue weighted by molar-refractivity contribution is -0.111. The van der Waals surface area contributed by atoms with Crippen molar-refractivity contribution in [1.82, 2.24) is 9.97 Å². The molecule has 4 aromatic rings. The second-order valence-electron chi connectivity index (χ2n) is 10.6. The zero-order chi connectivity index (χ0) is 31.0. The molecule has 11 heteroatoms. The van der Waals surface area contributed by atoms with Gasteiger partial charge in [-0.05, 0) is 60.7 Å². The van der Waals surface area contributed by atoms with Gasteiger partial charge < -0.3 is 40.0 Å². The molecule has 45 heavy (non-hydrogen) atoms. The molecule has 0 unspecified atom stereocenters. The molecule has 0 saturated carbocycles. The molecule has 232 valence electrons. The van der Waals surface area contributed by atoms with Crippen LogP contribution in [-0.2, 0) is 14.3 Å². The summed E-state index contributed by atoms with van der Waals surface area (Å²) in [5.41, 5.74) is 6.69. The van der Waals surface area contributed by atoms with E-state index >= 15 is 0 Å². The third-order valence-corrected chi connectivity index (χ3v) is 7.69. The Morgan fingerprint density at radius 1 is 0.867 bits per heavy atom. The molecule has 2 aliphatic heterocycles. The standard InChI is InChI=1S/C34H37N7O4/c1-3-32(42)37-26-6-4-5-24(21-26)33-29(36-25-7-10-28(11-8-25)40-13-17-44-18-14-40)23-35-34(39-33)38-27-9-12-31(43-2)30(22-27)41-15-19-45-20-16-41/h3-12,21-23,36H,1,13-20H2,2H3,(H,37,42)(H,35,38,39). The predicted octanol–water partition coefficient (Wildman–Crippen LogP) is 5.44. The number of ether oxygens (including phenoxy) is 3. The van der Waals surface area contributed by atoms with Crippen LogP contribution < -0.4 is 30.5 Å². The Labute approximate surface area is 262 Å². The Balaban J connectivity index is 1.30. The Bertz CT molecular complexity index is 1630. The molecule has 3 N–H and O–H groups in total. The van der Waals surface area contributed by atoms with Gasteiger partial charge in [-0.25, -0.2) is 9.97 Å². The van der Waals surface area contributed by atoms with Crippen LogP contribution in [-0.4, -0.2) is 75.6 Å². The molecule has 3 aromatic carbocycles. The summed E-state index contributed by atoms with van der Waals surface area (Å²) in [4.78, 5) is 26.2. The molecule has 1 aromatic heterocycles. The van der Waals surface area contributed by atoms with Crippen LogP contribution in [0, 0.1) is 0 Å². The summed E-state index contributed by atoms with van der Waals surface area (Å²) >= 11 is 0. The molecule has 11 nitrogen and oxygen atoms in total. The molecule has 3 heterocycles. The van der Waals surface area contributed by atoms with Gasteiger partial charge in [-0.15, -0.1) is 0 Å². The van der Waals surface area contributed by atoms with E-state index in [9.17, 15) is 4.79 Å². The molecule has 6 rings (SSSR count). The number of benzene rings is 3. The van der Waals surface area contributed by atoms with Crippen LogP contribution in [0.4, 0.5) is 40.1 Å². The number of nitrogens with zero attached hydrogens (tertiary/aromatic N) is 4. The Kier molecular flexibility index (Phi) is 9.38. The fourth-order valence-electron chi connectivity index (χ4n) is 5.37. The number of carbonyl (C=O) groups excluding carboxylic acids is 1. The van der Waals surface area contributed by atoms with E-state index in [1.54, 1.807) is 13.3 Å². The van der Waals surface area contributed by atoms with Gasteiger partial charge in [0.05, 0.1) is 56.8 Å². The highest BCUT2D eigenvalue weighted by Crippen LogP contribution is 2.35. The van der Waals surface area contributed by atoms with Crippen molar-refractivity contribution >= 4 is 46.0 Å². The second-order valence-corrected chi connectivity index (χ2v) is 10.6. The second kappa shape index (κ2) is 14.1. The number of amides is 1. The van der Waals surface area contributed by atoms with Gasteiger partial charge in [0.1, 0.15) is 5.75 Å². The molecule has 0 bridgehead atoms. The first kappa shape index (κ1) is 29.9. The molecule has 1 amide bonds. The third kappa shape index (κ3) is 7.34. The van der Waals surface area contributed by atoms with Gasteiger partial charge in [-0.3, -0.25) is 4.79 Å². The quantitative estimate of drug-likeness (QED) is 0.202. The van der Waals surface area contributed by atoms with Gasteiger partial charge in [-0.2, -0.15) is 0 Å². The van der Waals surface area contributed by atoms with Crippen molar-refractivity contribution in [3.8, 4) is 17.0 Å². The number of anilines is 7. The molecule has 0 aliphatic carbocycles. The minimum atomic E-state index is -0.286. The lowest BCUT2D eigenvalue weighted by atomic mass is 10.1. The highest BCUT2D eigenvalue weighted by molar-refractivity contribution is 5.99. The van der Waals surface area contributed by atoms with Crippen molar-refractivity contribution in [2.75, 3.05) is 85.5 Å². The third-order valence-electron chi connectivity index (χ3n) is 7.69. The van der Waals surface area contributed by atoms with Gasteiger partial charge >= 0.3 is 0 Å². The number of carbonyl (C=O) groups is 1. The molecule has 2 fully saturated rings. The molecule has 0 radical (unpaired) electrons. The fraction of sp³-hybridized carbons (Fsp3) is 0.265. The van der Waals surface area contributed by atoms with Crippen LogP contribution in [0.25, 0.3) is 11.3 Å². The Morgan fingerprint density at radius 2 is 1.58 bits per heavy atom. The maximum atomic E-state index is 12.0. The molecule has 2 saturated heterocycles. The summed E-state index contributed by atoms with van der Waals surface area (Å²) in [6, 6.07) is 21.8. The van der Waals surface area contributed by atoms with Crippen molar-refractivity contribution in [2.45, 2.75) is 0 Å². The smallest absolute Gasteiger partial charge is 0.247 e. The summed E-state index contributed by atoms with van der Waals surface area (Å²) in [6.07, 6.45) is 3.01. The van der Waals surface area contributed by atoms with Gasteiger partial charge in [0.25, 0.3) is 0 Å². The first-order valence-electron chi connectivity index (χ1n) is 15.0. The SMILES string of the molecule is C=CC(=O)Nc1cccc(-c2nc(Nc3ccc(OC)c(N4CCOCC4)c3)ncc2Nc2ccc(N3CCOCC3)cc2)c1. The lowest BCUT2D eigenvalue weighted by Crippen LogP contribution is -2.36. The van der Waals surface area contributed by atoms with E-state index in [4.69, 9.17) is 19.2 Å². The molecule has 0 spiro atoms. The zero-order valence-corrected chi connectivity index (χ0v) is 25.3. The molecular formula is C34H37N7O4. The summed E-state index contributed by atoms with van der Waals surface area (Å²) in [5.74, 6) is 0.935. The Hall–Kier alpha value is -5.13. The van der Waals surface area contributed by atoms with Crippen molar-refractivity contribution in [3.05, 3.63) is 85.6 Å². The van der Waals surface area contributed by atoms with E-state index in [0.29, 0.717) is 30.5 Å². The van der Waals surface area contributed by atoms with Crippen LogP contribution in [0.3, 0.4) is 0 Å². The number of morpholine rings is 2. The van der Waals surface area contributed by atoms with Gasteiger partial charge in [0, 0.05) is 54.5 Å². The zero-order valence-electron chi connectivity index (χ0n) is 25.3. The Morgan fingerprint density at radius 3 is 2.29 bits per heavy atom. The summed E-state index contributed by atoms with van der Waals surface area (Å²) in [6.45, 7) is 9.69. The van der Waals surface area contributed by atoms with Crippen molar-refractivity contribution < 1.29 is 19.0 Å². The average Bonchev–Trinajstić information content (AvgIpc) is 3.10. The summed E-state index contributed by atoms with van der Waals surface area (Å²) in [5, 5.41) is 9.71. The summed E-state index contributed by atoms with van der Waals surface area (Å²) in [7, 11) is 1.68. The normalized spacial score (nSPS) is 14.9. The van der Waals surface area contributed by atoms with Crippen molar-refractivity contribution in [2.24, 2.45) is 0 Å². The highest BCUT2D eigenvalue weighted by atomic mass is 16.5. The minimum Gasteiger partial charge on any atom is -0.495 e. The largest absolute Gasteiger partial charge is 0.495 e. The van der Waals surface area contributed by atoms with Crippen LogP contribution in [0.15, 0.2) is 85.6 Å². The van der Waals surface area contributed by atoms with Crippen LogP contribution in [0.5, 0.6) is 5.75 Å². The maximum absolute atomic E-state index is 12.0. The number of methoxy groups -OCH3 is 1. The first-order chi connectivity index (χ1) is 22.1. The van der Waals surface area contributed by atoms with Crippen molar-refractivity contribution in [1.29, 1.82) is 0 Å².